The van der Waals surface area contributed by atoms with Gasteiger partial charge in [-0.3, -0.25) is 9.89 Å². The third-order valence-corrected chi connectivity index (χ3v) is 4.75. The van der Waals surface area contributed by atoms with Gasteiger partial charge >= 0.3 is 0 Å². The number of likely N-dealkylation sites (tertiary alicyclic amines) is 1. The number of benzene rings is 1. The SMILES string of the molecule is Cc1ccc(-c2cc(C(=O)N3CCC(N)C(C)(C)C3)[nH]n2)cc1. The van der Waals surface area contributed by atoms with Gasteiger partial charge in [0.15, 0.2) is 0 Å². The molecule has 3 rings (SSSR count). The number of H-pyrrole nitrogens is 1. The molecule has 1 aliphatic heterocycles. The molecular formula is C18H24N4O. The van der Waals surface area contributed by atoms with Crippen LogP contribution in [-0.2, 0) is 0 Å². The molecule has 2 aromatic rings. The maximum Gasteiger partial charge on any atom is 0.271 e. The first-order valence-corrected chi connectivity index (χ1v) is 8.04. The van der Waals surface area contributed by atoms with Crippen molar-refractivity contribution in [1.29, 1.82) is 0 Å². The topological polar surface area (TPSA) is 75.0 Å². The molecule has 1 aromatic heterocycles. The Kier molecular flexibility index (Phi) is 3.98. The van der Waals surface area contributed by atoms with Crippen LogP contribution in [0.1, 0.15) is 36.3 Å². The molecule has 5 nitrogen and oxygen atoms in total. The molecule has 0 saturated carbocycles. The number of hydrogen-bond acceptors (Lipinski definition) is 3. The van der Waals surface area contributed by atoms with E-state index in [0.29, 0.717) is 18.8 Å². The van der Waals surface area contributed by atoms with Gasteiger partial charge in [-0.15, -0.1) is 0 Å². The third kappa shape index (κ3) is 3.15. The lowest BCUT2D eigenvalue weighted by Crippen LogP contribution is -2.54. The summed E-state index contributed by atoms with van der Waals surface area (Å²) in [4.78, 5) is 14.6. The predicted molar refractivity (Wildman–Crippen MR) is 91.0 cm³/mol. The Labute approximate surface area is 136 Å². The molecule has 1 unspecified atom stereocenters. The summed E-state index contributed by atoms with van der Waals surface area (Å²) in [7, 11) is 0. The van der Waals surface area contributed by atoms with Crippen LogP contribution in [0.4, 0.5) is 0 Å². The Balaban J connectivity index is 1.77. The van der Waals surface area contributed by atoms with Crippen LogP contribution in [-0.4, -0.2) is 40.1 Å². The van der Waals surface area contributed by atoms with Crippen LogP contribution in [0.3, 0.4) is 0 Å². The van der Waals surface area contributed by atoms with Crippen LogP contribution in [0.2, 0.25) is 0 Å². The lowest BCUT2D eigenvalue weighted by molar-refractivity contribution is 0.0527. The minimum atomic E-state index is -0.0618. The average molecular weight is 312 g/mol. The molecule has 0 bridgehead atoms. The molecule has 5 heteroatoms. The number of aromatic nitrogens is 2. The van der Waals surface area contributed by atoms with Crippen molar-refractivity contribution < 1.29 is 4.79 Å². The second-order valence-corrected chi connectivity index (χ2v) is 7.14. The van der Waals surface area contributed by atoms with Crippen molar-refractivity contribution in [2.24, 2.45) is 11.1 Å². The third-order valence-electron chi connectivity index (χ3n) is 4.75. The maximum absolute atomic E-state index is 12.7. The molecule has 1 aliphatic rings. The van der Waals surface area contributed by atoms with Crippen molar-refractivity contribution in [3.63, 3.8) is 0 Å². The summed E-state index contributed by atoms with van der Waals surface area (Å²) in [5, 5.41) is 7.17. The zero-order valence-corrected chi connectivity index (χ0v) is 14.0. The molecule has 1 aromatic carbocycles. The Morgan fingerprint density at radius 2 is 2.04 bits per heavy atom. The van der Waals surface area contributed by atoms with E-state index in [1.54, 1.807) is 0 Å². The number of nitrogens with two attached hydrogens (primary N) is 1. The van der Waals surface area contributed by atoms with Crippen LogP contribution < -0.4 is 5.73 Å². The van der Waals surface area contributed by atoms with Gasteiger partial charge < -0.3 is 10.6 Å². The molecular weight excluding hydrogens is 288 g/mol. The number of carbonyl (C=O) groups is 1. The Morgan fingerprint density at radius 1 is 1.35 bits per heavy atom. The second kappa shape index (κ2) is 5.81. The first kappa shape index (κ1) is 15.7. The zero-order valence-electron chi connectivity index (χ0n) is 14.0. The van der Waals surface area contributed by atoms with Gasteiger partial charge in [0.1, 0.15) is 5.69 Å². The van der Waals surface area contributed by atoms with Gasteiger partial charge in [-0.1, -0.05) is 43.7 Å². The lowest BCUT2D eigenvalue weighted by Gasteiger charge is -2.42. The van der Waals surface area contributed by atoms with Crippen molar-refractivity contribution in [2.75, 3.05) is 13.1 Å². The minimum Gasteiger partial charge on any atom is -0.337 e. The average Bonchev–Trinajstić information content (AvgIpc) is 3.00. The number of nitrogens with one attached hydrogen (secondary N) is 1. The number of amides is 1. The zero-order chi connectivity index (χ0) is 16.6. The summed E-state index contributed by atoms with van der Waals surface area (Å²) in [5.41, 5.74) is 9.62. The molecule has 1 atom stereocenters. The van der Waals surface area contributed by atoms with Gasteiger partial charge in [-0.2, -0.15) is 5.10 Å². The van der Waals surface area contributed by atoms with Crippen LogP contribution in [0.15, 0.2) is 30.3 Å². The van der Waals surface area contributed by atoms with E-state index >= 15 is 0 Å². The quantitative estimate of drug-likeness (QED) is 0.895. The fourth-order valence-electron chi connectivity index (χ4n) is 3.02. The number of aryl methyl sites for hydroxylation is 1. The van der Waals surface area contributed by atoms with Gasteiger partial charge in [0.2, 0.25) is 0 Å². The van der Waals surface area contributed by atoms with E-state index in [-0.39, 0.29) is 17.4 Å². The normalized spacial score (nSPS) is 20.5. The van der Waals surface area contributed by atoms with Crippen molar-refractivity contribution in [2.45, 2.75) is 33.2 Å². The molecule has 0 radical (unpaired) electrons. The van der Waals surface area contributed by atoms with Crippen LogP contribution >= 0.6 is 0 Å². The number of aromatic amines is 1. The number of rotatable bonds is 2. The Bertz CT molecular complexity index is 702. The fourth-order valence-corrected chi connectivity index (χ4v) is 3.02. The molecule has 0 spiro atoms. The van der Waals surface area contributed by atoms with E-state index in [0.717, 1.165) is 17.7 Å². The van der Waals surface area contributed by atoms with E-state index in [1.807, 2.05) is 42.2 Å². The monoisotopic (exact) mass is 312 g/mol. The lowest BCUT2D eigenvalue weighted by atomic mass is 9.79. The molecule has 3 N–H and O–H groups in total. The number of carbonyl (C=O) groups excluding carboxylic acids is 1. The van der Waals surface area contributed by atoms with Gasteiger partial charge in [0, 0.05) is 24.7 Å². The van der Waals surface area contributed by atoms with Crippen molar-refractivity contribution in [3.8, 4) is 11.3 Å². The molecule has 2 heterocycles. The summed E-state index contributed by atoms with van der Waals surface area (Å²) in [5.74, 6) is -0.00385. The van der Waals surface area contributed by atoms with E-state index in [9.17, 15) is 4.79 Å². The Hall–Kier alpha value is -2.14. The molecule has 1 saturated heterocycles. The van der Waals surface area contributed by atoms with Crippen molar-refractivity contribution >= 4 is 5.91 Å². The highest BCUT2D eigenvalue weighted by Crippen LogP contribution is 2.28. The summed E-state index contributed by atoms with van der Waals surface area (Å²) in [6, 6.07) is 10.1. The van der Waals surface area contributed by atoms with Gasteiger partial charge in [-0.25, -0.2) is 0 Å². The number of piperidine rings is 1. The van der Waals surface area contributed by atoms with E-state index in [1.165, 1.54) is 5.56 Å². The molecule has 23 heavy (non-hydrogen) atoms. The predicted octanol–water partition coefficient (Wildman–Crippen LogP) is 2.58. The summed E-state index contributed by atoms with van der Waals surface area (Å²) < 4.78 is 0. The summed E-state index contributed by atoms with van der Waals surface area (Å²) >= 11 is 0. The van der Waals surface area contributed by atoms with E-state index in [4.69, 9.17) is 5.73 Å². The van der Waals surface area contributed by atoms with Gasteiger partial charge in [0.05, 0.1) is 5.69 Å². The smallest absolute Gasteiger partial charge is 0.271 e. The standard InChI is InChI=1S/C18H24N4O/c1-12-4-6-13(7-5-12)14-10-15(21-20-14)17(23)22-9-8-16(19)18(2,3)11-22/h4-7,10,16H,8-9,11,19H2,1-3H3,(H,20,21). The summed E-state index contributed by atoms with van der Waals surface area (Å²) in [6.45, 7) is 7.64. The summed E-state index contributed by atoms with van der Waals surface area (Å²) in [6.07, 6.45) is 0.831. The van der Waals surface area contributed by atoms with E-state index < -0.39 is 0 Å². The first-order chi connectivity index (χ1) is 10.9. The van der Waals surface area contributed by atoms with Crippen LogP contribution in [0.25, 0.3) is 11.3 Å². The molecule has 0 aliphatic carbocycles. The second-order valence-electron chi connectivity index (χ2n) is 7.14. The van der Waals surface area contributed by atoms with E-state index in [2.05, 4.69) is 24.0 Å². The van der Waals surface area contributed by atoms with Crippen LogP contribution in [0, 0.1) is 12.3 Å². The fraction of sp³-hybridized carbons (Fsp3) is 0.444. The minimum absolute atomic E-state index is 0.00385. The molecule has 1 fully saturated rings. The first-order valence-electron chi connectivity index (χ1n) is 8.04. The van der Waals surface area contributed by atoms with Crippen LogP contribution in [0.5, 0.6) is 0 Å². The van der Waals surface area contributed by atoms with Gasteiger partial charge in [0.25, 0.3) is 5.91 Å². The highest BCUT2D eigenvalue weighted by Gasteiger charge is 2.36. The Morgan fingerprint density at radius 3 is 2.70 bits per heavy atom. The molecule has 1 amide bonds. The molecule has 122 valence electrons. The highest BCUT2D eigenvalue weighted by atomic mass is 16.2. The highest BCUT2D eigenvalue weighted by molar-refractivity contribution is 5.93. The number of nitrogens with zero attached hydrogens (tertiary/aromatic N) is 2. The van der Waals surface area contributed by atoms with Crippen molar-refractivity contribution in [1.82, 2.24) is 15.1 Å². The number of hydrogen-bond donors (Lipinski definition) is 2. The maximum atomic E-state index is 12.7. The van der Waals surface area contributed by atoms with Gasteiger partial charge in [-0.05, 0) is 24.8 Å². The van der Waals surface area contributed by atoms with Crippen molar-refractivity contribution in [3.05, 3.63) is 41.6 Å². The largest absolute Gasteiger partial charge is 0.337 e.